The minimum Gasteiger partial charge on any atom is -0.396 e. The molecule has 0 heterocycles. The Balaban J connectivity index is 2.55. The number of hydrogen-bond acceptors (Lipinski definition) is 4. The van der Waals surface area contributed by atoms with E-state index in [0.29, 0.717) is 36.3 Å². The van der Waals surface area contributed by atoms with Crippen LogP contribution >= 0.6 is 0 Å². The molecule has 84 valence electrons. The van der Waals surface area contributed by atoms with E-state index in [1.807, 2.05) is 6.07 Å². The van der Waals surface area contributed by atoms with Crippen LogP contribution in [-0.4, -0.2) is 12.5 Å². The van der Waals surface area contributed by atoms with E-state index in [-0.39, 0.29) is 5.91 Å². The van der Waals surface area contributed by atoms with Crippen molar-refractivity contribution in [3.63, 3.8) is 0 Å². The predicted molar refractivity (Wildman–Crippen MR) is 62.5 cm³/mol. The summed E-state index contributed by atoms with van der Waals surface area (Å²) in [5.74, 6) is -0.319. The Labute approximate surface area is 94.0 Å². The fourth-order valence-corrected chi connectivity index (χ4v) is 1.30. The van der Waals surface area contributed by atoms with Gasteiger partial charge in [0.1, 0.15) is 6.07 Å². The van der Waals surface area contributed by atoms with Crippen molar-refractivity contribution < 1.29 is 4.79 Å². The van der Waals surface area contributed by atoms with E-state index in [4.69, 9.17) is 16.7 Å². The molecule has 0 aromatic heterocycles. The lowest BCUT2D eigenvalue weighted by atomic mass is 10.1. The van der Waals surface area contributed by atoms with E-state index < -0.39 is 0 Å². The van der Waals surface area contributed by atoms with Crippen LogP contribution in [0.2, 0.25) is 0 Å². The normalized spacial score (nSPS) is 9.44. The van der Waals surface area contributed by atoms with Crippen molar-refractivity contribution >= 4 is 17.3 Å². The van der Waals surface area contributed by atoms with Gasteiger partial charge >= 0.3 is 0 Å². The number of carbonyl (C=O) groups is 1. The number of benzene rings is 1. The number of hydrogen-bond donors (Lipinski definition) is 3. The number of primary amides is 1. The van der Waals surface area contributed by atoms with E-state index in [2.05, 4.69) is 5.32 Å². The largest absolute Gasteiger partial charge is 0.396 e. The van der Waals surface area contributed by atoms with Crippen LogP contribution in [0.3, 0.4) is 0 Å². The van der Waals surface area contributed by atoms with Crippen molar-refractivity contribution in [2.45, 2.75) is 12.8 Å². The summed E-state index contributed by atoms with van der Waals surface area (Å²) in [5.41, 5.74) is 12.4. The van der Waals surface area contributed by atoms with Crippen LogP contribution in [-0.2, 0) is 4.79 Å². The summed E-state index contributed by atoms with van der Waals surface area (Å²) in [6, 6.07) is 7.21. The lowest BCUT2D eigenvalue weighted by Crippen LogP contribution is -2.13. The third-order valence-corrected chi connectivity index (χ3v) is 2.14. The van der Waals surface area contributed by atoms with Crippen LogP contribution in [0.1, 0.15) is 18.4 Å². The van der Waals surface area contributed by atoms with Crippen molar-refractivity contribution in [2.24, 2.45) is 5.73 Å². The van der Waals surface area contributed by atoms with Gasteiger partial charge in [0.15, 0.2) is 0 Å². The third-order valence-electron chi connectivity index (χ3n) is 2.14. The van der Waals surface area contributed by atoms with Gasteiger partial charge in [-0.05, 0) is 18.6 Å². The lowest BCUT2D eigenvalue weighted by molar-refractivity contribution is -0.118. The SMILES string of the molecule is N#Cc1cccc(NCCCC(N)=O)c1N. The standard InChI is InChI=1S/C11H14N4O/c12-7-8-3-1-4-9(11(8)14)15-6-2-5-10(13)16/h1,3-4,15H,2,5-6,14H2,(H2,13,16). The molecule has 0 saturated heterocycles. The molecule has 0 aliphatic rings. The van der Waals surface area contributed by atoms with Gasteiger partial charge in [-0.3, -0.25) is 4.79 Å². The average molecular weight is 218 g/mol. The van der Waals surface area contributed by atoms with Crippen LogP contribution in [0, 0.1) is 11.3 Å². The summed E-state index contributed by atoms with van der Waals surface area (Å²) in [6.07, 6.45) is 0.983. The second-order valence-corrected chi connectivity index (χ2v) is 3.38. The Kier molecular flexibility index (Phi) is 4.16. The minimum absolute atomic E-state index is 0.319. The molecule has 0 spiro atoms. The van der Waals surface area contributed by atoms with Gasteiger partial charge in [0.2, 0.25) is 5.91 Å². The van der Waals surface area contributed by atoms with Gasteiger partial charge in [-0.15, -0.1) is 0 Å². The first-order valence-electron chi connectivity index (χ1n) is 4.96. The first kappa shape index (κ1) is 11.9. The zero-order valence-corrected chi connectivity index (χ0v) is 8.86. The van der Waals surface area contributed by atoms with Gasteiger partial charge in [-0.1, -0.05) is 6.07 Å². The maximum Gasteiger partial charge on any atom is 0.217 e. The Bertz CT molecular complexity index is 422. The van der Waals surface area contributed by atoms with E-state index in [1.54, 1.807) is 18.2 Å². The number of para-hydroxylation sites is 1. The summed E-state index contributed by atoms with van der Waals surface area (Å²) in [6.45, 7) is 0.599. The van der Waals surface area contributed by atoms with Crippen LogP contribution in [0.4, 0.5) is 11.4 Å². The second kappa shape index (κ2) is 5.61. The summed E-state index contributed by atoms with van der Waals surface area (Å²) < 4.78 is 0. The monoisotopic (exact) mass is 218 g/mol. The third kappa shape index (κ3) is 3.17. The van der Waals surface area contributed by atoms with Crippen LogP contribution in [0.15, 0.2) is 18.2 Å². The zero-order chi connectivity index (χ0) is 12.0. The molecule has 1 amide bonds. The molecule has 0 bridgehead atoms. The molecule has 16 heavy (non-hydrogen) atoms. The molecule has 0 unspecified atom stereocenters. The molecule has 1 aromatic rings. The van der Waals surface area contributed by atoms with E-state index >= 15 is 0 Å². The number of nitriles is 1. The van der Waals surface area contributed by atoms with Crippen LogP contribution in [0.5, 0.6) is 0 Å². The van der Waals surface area contributed by atoms with Gasteiger partial charge in [0, 0.05) is 13.0 Å². The number of nitrogen functional groups attached to an aromatic ring is 1. The fraction of sp³-hybridized carbons (Fsp3) is 0.273. The van der Waals surface area contributed by atoms with Gasteiger partial charge in [0.25, 0.3) is 0 Å². The highest BCUT2D eigenvalue weighted by molar-refractivity contribution is 5.74. The summed E-state index contributed by atoms with van der Waals surface area (Å²) in [4.78, 5) is 10.5. The van der Waals surface area contributed by atoms with E-state index in [1.165, 1.54) is 0 Å². The smallest absolute Gasteiger partial charge is 0.217 e. The van der Waals surface area contributed by atoms with Crippen molar-refractivity contribution in [2.75, 3.05) is 17.6 Å². The molecule has 5 heteroatoms. The Hall–Kier alpha value is -2.22. The number of rotatable bonds is 5. The highest BCUT2D eigenvalue weighted by atomic mass is 16.1. The number of anilines is 2. The first-order chi connectivity index (χ1) is 7.65. The predicted octanol–water partition coefficient (Wildman–Crippen LogP) is 0.818. The molecule has 5 nitrogen and oxygen atoms in total. The number of carbonyl (C=O) groups excluding carboxylic acids is 1. The van der Waals surface area contributed by atoms with Crippen LogP contribution in [0.25, 0.3) is 0 Å². The van der Waals surface area contributed by atoms with E-state index in [9.17, 15) is 4.79 Å². The summed E-state index contributed by atoms with van der Waals surface area (Å²) in [5, 5.41) is 11.8. The molecule has 5 N–H and O–H groups in total. The number of nitrogens with zero attached hydrogens (tertiary/aromatic N) is 1. The average Bonchev–Trinajstić information content (AvgIpc) is 2.26. The molecule has 1 aromatic carbocycles. The van der Waals surface area contributed by atoms with Crippen molar-refractivity contribution in [3.05, 3.63) is 23.8 Å². The minimum atomic E-state index is -0.319. The quantitative estimate of drug-likeness (QED) is 0.502. The lowest BCUT2D eigenvalue weighted by Gasteiger charge is -2.09. The molecule has 0 atom stereocenters. The molecule has 1 rings (SSSR count). The van der Waals surface area contributed by atoms with Gasteiger partial charge in [-0.2, -0.15) is 5.26 Å². The van der Waals surface area contributed by atoms with Gasteiger partial charge in [0.05, 0.1) is 16.9 Å². The Morgan fingerprint density at radius 3 is 2.88 bits per heavy atom. The Morgan fingerprint density at radius 2 is 2.25 bits per heavy atom. The zero-order valence-electron chi connectivity index (χ0n) is 8.86. The molecule has 0 fully saturated rings. The van der Waals surface area contributed by atoms with Crippen molar-refractivity contribution in [1.82, 2.24) is 0 Å². The molecular formula is C11H14N4O. The molecule has 0 aliphatic heterocycles. The highest BCUT2D eigenvalue weighted by Gasteiger charge is 2.03. The molecule has 0 saturated carbocycles. The Morgan fingerprint density at radius 1 is 1.50 bits per heavy atom. The van der Waals surface area contributed by atoms with Gasteiger partial charge < -0.3 is 16.8 Å². The second-order valence-electron chi connectivity index (χ2n) is 3.38. The summed E-state index contributed by atoms with van der Waals surface area (Å²) >= 11 is 0. The van der Waals surface area contributed by atoms with E-state index in [0.717, 1.165) is 0 Å². The number of nitrogens with one attached hydrogen (secondary N) is 1. The maximum absolute atomic E-state index is 10.5. The van der Waals surface area contributed by atoms with Crippen LogP contribution < -0.4 is 16.8 Å². The highest BCUT2D eigenvalue weighted by Crippen LogP contribution is 2.21. The maximum atomic E-state index is 10.5. The first-order valence-corrected chi connectivity index (χ1v) is 4.96. The van der Waals surface area contributed by atoms with Crippen molar-refractivity contribution in [3.8, 4) is 6.07 Å². The molecule has 0 radical (unpaired) electrons. The topological polar surface area (TPSA) is 105 Å². The molecule has 0 aliphatic carbocycles. The van der Waals surface area contributed by atoms with Gasteiger partial charge in [-0.25, -0.2) is 0 Å². The summed E-state index contributed by atoms with van der Waals surface area (Å²) in [7, 11) is 0. The fourth-order valence-electron chi connectivity index (χ4n) is 1.30. The van der Waals surface area contributed by atoms with Crippen molar-refractivity contribution in [1.29, 1.82) is 5.26 Å². The molecular weight excluding hydrogens is 204 g/mol. The number of amides is 1. The number of nitrogens with two attached hydrogens (primary N) is 2.